The first kappa shape index (κ1) is 11.0. The molecule has 0 aliphatic heterocycles. The zero-order valence-electron chi connectivity index (χ0n) is 8.96. The van der Waals surface area contributed by atoms with Gasteiger partial charge in [0, 0.05) is 19.8 Å². The highest BCUT2D eigenvalue weighted by atomic mass is 16.5. The minimum atomic E-state index is 0.368. The SMILES string of the molecule is COCCC(N)C1CCC(C)CC1. The van der Waals surface area contributed by atoms with Gasteiger partial charge in [-0.25, -0.2) is 0 Å². The average Bonchev–Trinajstić information content (AvgIpc) is 2.15. The largest absolute Gasteiger partial charge is 0.385 e. The monoisotopic (exact) mass is 185 g/mol. The molecule has 0 aromatic carbocycles. The van der Waals surface area contributed by atoms with Gasteiger partial charge < -0.3 is 10.5 Å². The van der Waals surface area contributed by atoms with Crippen LogP contribution in [0.3, 0.4) is 0 Å². The Morgan fingerprint density at radius 1 is 1.31 bits per heavy atom. The number of nitrogens with two attached hydrogens (primary N) is 1. The molecular weight excluding hydrogens is 162 g/mol. The summed E-state index contributed by atoms with van der Waals surface area (Å²) in [6.45, 7) is 3.16. The second-order valence-electron chi connectivity index (χ2n) is 4.47. The Bertz CT molecular complexity index is 130. The predicted octanol–water partition coefficient (Wildman–Crippen LogP) is 2.18. The lowest BCUT2D eigenvalue weighted by Crippen LogP contribution is -2.33. The molecular formula is C11H23NO. The van der Waals surface area contributed by atoms with Crippen LogP contribution in [-0.4, -0.2) is 19.8 Å². The van der Waals surface area contributed by atoms with E-state index in [0.717, 1.165) is 24.9 Å². The summed E-state index contributed by atoms with van der Waals surface area (Å²) in [5, 5.41) is 0. The minimum Gasteiger partial charge on any atom is -0.385 e. The molecule has 0 heterocycles. The van der Waals surface area contributed by atoms with Crippen molar-refractivity contribution < 1.29 is 4.74 Å². The number of rotatable bonds is 4. The van der Waals surface area contributed by atoms with Crippen LogP contribution in [0, 0.1) is 11.8 Å². The van der Waals surface area contributed by atoms with Crippen molar-refractivity contribution in [3.63, 3.8) is 0 Å². The molecule has 1 rings (SSSR count). The molecule has 1 aliphatic carbocycles. The van der Waals surface area contributed by atoms with Crippen LogP contribution in [0.15, 0.2) is 0 Å². The molecule has 2 nitrogen and oxygen atoms in total. The molecule has 13 heavy (non-hydrogen) atoms. The van der Waals surface area contributed by atoms with Crippen molar-refractivity contribution in [1.29, 1.82) is 0 Å². The highest BCUT2D eigenvalue weighted by Crippen LogP contribution is 2.30. The van der Waals surface area contributed by atoms with Gasteiger partial charge in [0.25, 0.3) is 0 Å². The number of hydrogen-bond donors (Lipinski definition) is 1. The van der Waals surface area contributed by atoms with E-state index in [1.807, 2.05) is 0 Å². The average molecular weight is 185 g/mol. The Morgan fingerprint density at radius 3 is 2.46 bits per heavy atom. The van der Waals surface area contributed by atoms with Gasteiger partial charge in [-0.1, -0.05) is 19.8 Å². The molecule has 78 valence electrons. The summed E-state index contributed by atoms with van der Waals surface area (Å²) in [7, 11) is 1.75. The van der Waals surface area contributed by atoms with Crippen LogP contribution in [0.2, 0.25) is 0 Å². The molecule has 0 amide bonds. The predicted molar refractivity (Wildman–Crippen MR) is 55.6 cm³/mol. The van der Waals surface area contributed by atoms with Crippen molar-refractivity contribution in [2.45, 2.75) is 45.1 Å². The molecule has 2 N–H and O–H groups in total. The third-order valence-corrected chi connectivity index (χ3v) is 3.32. The summed E-state index contributed by atoms with van der Waals surface area (Å²) < 4.78 is 5.04. The standard InChI is InChI=1S/C11H23NO/c1-9-3-5-10(6-4-9)11(12)7-8-13-2/h9-11H,3-8,12H2,1-2H3. The van der Waals surface area contributed by atoms with Crippen LogP contribution < -0.4 is 5.73 Å². The Hall–Kier alpha value is -0.0800. The lowest BCUT2D eigenvalue weighted by atomic mass is 9.79. The Labute approximate surface area is 81.8 Å². The maximum atomic E-state index is 6.10. The number of hydrogen-bond acceptors (Lipinski definition) is 2. The zero-order chi connectivity index (χ0) is 9.68. The first-order chi connectivity index (χ1) is 6.24. The maximum Gasteiger partial charge on any atom is 0.0477 e. The first-order valence-electron chi connectivity index (χ1n) is 5.48. The van der Waals surface area contributed by atoms with E-state index in [4.69, 9.17) is 10.5 Å². The third kappa shape index (κ3) is 3.65. The summed E-state index contributed by atoms with van der Waals surface area (Å²) >= 11 is 0. The summed E-state index contributed by atoms with van der Waals surface area (Å²) in [4.78, 5) is 0. The fourth-order valence-corrected chi connectivity index (χ4v) is 2.20. The quantitative estimate of drug-likeness (QED) is 0.728. The lowest BCUT2D eigenvalue weighted by Gasteiger charge is -2.30. The van der Waals surface area contributed by atoms with Gasteiger partial charge in [0.15, 0.2) is 0 Å². The summed E-state index contributed by atoms with van der Waals surface area (Å²) in [5.74, 6) is 1.68. The Balaban J connectivity index is 2.19. The number of methoxy groups -OCH3 is 1. The second-order valence-corrected chi connectivity index (χ2v) is 4.47. The topological polar surface area (TPSA) is 35.2 Å². The maximum absolute atomic E-state index is 6.10. The van der Waals surface area contributed by atoms with Crippen molar-refractivity contribution in [3.05, 3.63) is 0 Å². The van der Waals surface area contributed by atoms with E-state index < -0.39 is 0 Å². The van der Waals surface area contributed by atoms with Crippen molar-refractivity contribution in [3.8, 4) is 0 Å². The van der Waals surface area contributed by atoms with Gasteiger partial charge in [-0.2, -0.15) is 0 Å². The van der Waals surface area contributed by atoms with Crippen LogP contribution in [0.1, 0.15) is 39.0 Å². The van der Waals surface area contributed by atoms with Gasteiger partial charge >= 0.3 is 0 Å². The van der Waals surface area contributed by atoms with Crippen LogP contribution in [-0.2, 0) is 4.74 Å². The third-order valence-electron chi connectivity index (χ3n) is 3.32. The van der Waals surface area contributed by atoms with Gasteiger partial charge in [0.1, 0.15) is 0 Å². The molecule has 1 aliphatic rings. The molecule has 0 saturated heterocycles. The zero-order valence-corrected chi connectivity index (χ0v) is 8.96. The molecule has 0 aromatic rings. The van der Waals surface area contributed by atoms with Crippen LogP contribution >= 0.6 is 0 Å². The van der Waals surface area contributed by atoms with Crippen molar-refractivity contribution in [2.75, 3.05) is 13.7 Å². The van der Waals surface area contributed by atoms with Gasteiger partial charge in [-0.3, -0.25) is 0 Å². The molecule has 1 fully saturated rings. The molecule has 1 atom stereocenters. The Kier molecular flexibility index (Phi) is 4.74. The van der Waals surface area contributed by atoms with Crippen molar-refractivity contribution >= 4 is 0 Å². The summed E-state index contributed by atoms with van der Waals surface area (Å²) in [6, 6.07) is 0.368. The van der Waals surface area contributed by atoms with Crippen molar-refractivity contribution in [1.82, 2.24) is 0 Å². The highest BCUT2D eigenvalue weighted by molar-refractivity contribution is 4.78. The smallest absolute Gasteiger partial charge is 0.0477 e. The van der Waals surface area contributed by atoms with Crippen LogP contribution in [0.5, 0.6) is 0 Å². The molecule has 0 bridgehead atoms. The fraction of sp³-hybridized carbons (Fsp3) is 1.00. The summed E-state index contributed by atoms with van der Waals surface area (Å²) in [5.41, 5.74) is 6.10. The van der Waals surface area contributed by atoms with E-state index in [1.54, 1.807) is 7.11 Å². The molecule has 1 saturated carbocycles. The van der Waals surface area contributed by atoms with Crippen LogP contribution in [0.25, 0.3) is 0 Å². The minimum absolute atomic E-state index is 0.368. The van der Waals surface area contributed by atoms with Crippen molar-refractivity contribution in [2.24, 2.45) is 17.6 Å². The van der Waals surface area contributed by atoms with E-state index in [0.29, 0.717) is 6.04 Å². The van der Waals surface area contributed by atoms with Gasteiger partial charge in [-0.15, -0.1) is 0 Å². The van der Waals surface area contributed by atoms with Crippen LogP contribution in [0.4, 0.5) is 0 Å². The first-order valence-corrected chi connectivity index (χ1v) is 5.48. The van der Waals surface area contributed by atoms with E-state index in [9.17, 15) is 0 Å². The molecule has 0 aromatic heterocycles. The number of ether oxygens (including phenoxy) is 1. The fourth-order valence-electron chi connectivity index (χ4n) is 2.20. The molecule has 0 radical (unpaired) electrons. The van der Waals surface area contributed by atoms with Gasteiger partial charge in [0.05, 0.1) is 0 Å². The second kappa shape index (κ2) is 5.61. The highest BCUT2D eigenvalue weighted by Gasteiger charge is 2.22. The van der Waals surface area contributed by atoms with E-state index in [1.165, 1.54) is 25.7 Å². The molecule has 1 unspecified atom stereocenters. The van der Waals surface area contributed by atoms with E-state index in [2.05, 4.69) is 6.92 Å². The van der Waals surface area contributed by atoms with Gasteiger partial charge in [-0.05, 0) is 31.1 Å². The Morgan fingerprint density at radius 2 is 1.92 bits per heavy atom. The van der Waals surface area contributed by atoms with Gasteiger partial charge in [0.2, 0.25) is 0 Å². The van der Waals surface area contributed by atoms with E-state index >= 15 is 0 Å². The normalized spacial score (nSPS) is 31.6. The molecule has 0 spiro atoms. The molecule has 2 heteroatoms. The van der Waals surface area contributed by atoms with E-state index in [-0.39, 0.29) is 0 Å². The lowest BCUT2D eigenvalue weighted by molar-refractivity contribution is 0.165. The summed E-state index contributed by atoms with van der Waals surface area (Å²) in [6.07, 6.45) is 6.41.